The van der Waals surface area contributed by atoms with Gasteiger partial charge in [0, 0.05) is 19.6 Å². The Hall–Kier alpha value is -2.08. The number of nitrogens with zero attached hydrogens (tertiary/aromatic N) is 2. The van der Waals surface area contributed by atoms with Gasteiger partial charge in [0.1, 0.15) is 0 Å². The topological polar surface area (TPSA) is 75.7 Å². The summed E-state index contributed by atoms with van der Waals surface area (Å²) in [5, 5.41) is 9.23. The van der Waals surface area contributed by atoms with E-state index in [1.54, 1.807) is 17.6 Å². The van der Waals surface area contributed by atoms with E-state index in [1.807, 2.05) is 18.2 Å². The van der Waals surface area contributed by atoms with Gasteiger partial charge in [0.05, 0.1) is 10.9 Å². The van der Waals surface area contributed by atoms with Crippen molar-refractivity contribution in [1.29, 1.82) is 0 Å². The summed E-state index contributed by atoms with van der Waals surface area (Å²) in [5.41, 5.74) is 0.686. The SMILES string of the molecule is CC1(C(=O)O)CCN(CCn2c(=O)oc3ccccc32)C1. The van der Waals surface area contributed by atoms with Crippen LogP contribution in [0, 0.1) is 5.41 Å². The van der Waals surface area contributed by atoms with Crippen LogP contribution < -0.4 is 5.76 Å². The minimum Gasteiger partial charge on any atom is -0.481 e. The molecule has 1 N–H and O–H groups in total. The van der Waals surface area contributed by atoms with Gasteiger partial charge in [-0.25, -0.2) is 4.79 Å². The second kappa shape index (κ2) is 5.04. The number of likely N-dealkylation sites (tertiary alicyclic amines) is 1. The number of aromatic nitrogens is 1. The summed E-state index contributed by atoms with van der Waals surface area (Å²) in [6, 6.07) is 7.32. The van der Waals surface area contributed by atoms with Crippen molar-refractivity contribution in [1.82, 2.24) is 9.47 Å². The van der Waals surface area contributed by atoms with Gasteiger partial charge in [-0.2, -0.15) is 0 Å². The molecule has 0 amide bonds. The molecular formula is C15H18N2O4. The molecule has 1 aromatic heterocycles. The van der Waals surface area contributed by atoms with Crippen LogP contribution in [0.15, 0.2) is 33.5 Å². The third kappa shape index (κ3) is 2.47. The van der Waals surface area contributed by atoms with E-state index in [-0.39, 0.29) is 5.76 Å². The molecule has 1 unspecified atom stereocenters. The second-order valence-electron chi connectivity index (χ2n) is 5.88. The molecule has 0 radical (unpaired) electrons. The van der Waals surface area contributed by atoms with Crippen LogP contribution >= 0.6 is 0 Å². The molecule has 1 aliphatic heterocycles. The van der Waals surface area contributed by atoms with E-state index in [0.717, 1.165) is 12.1 Å². The van der Waals surface area contributed by atoms with Gasteiger partial charge in [0.2, 0.25) is 0 Å². The Morgan fingerprint density at radius 3 is 2.86 bits per heavy atom. The highest BCUT2D eigenvalue weighted by atomic mass is 16.4. The third-order valence-corrected chi connectivity index (χ3v) is 4.28. The number of hydrogen-bond acceptors (Lipinski definition) is 4. The second-order valence-corrected chi connectivity index (χ2v) is 5.88. The maximum absolute atomic E-state index is 11.9. The van der Waals surface area contributed by atoms with E-state index in [9.17, 15) is 14.7 Å². The number of rotatable bonds is 4. The largest absolute Gasteiger partial charge is 0.481 e. The zero-order valence-corrected chi connectivity index (χ0v) is 11.9. The normalized spacial score (nSPS) is 22.9. The number of carboxylic acids is 1. The molecule has 3 rings (SSSR count). The first-order chi connectivity index (χ1) is 9.99. The van der Waals surface area contributed by atoms with Crippen LogP contribution in [0.5, 0.6) is 0 Å². The third-order valence-electron chi connectivity index (χ3n) is 4.28. The summed E-state index contributed by atoms with van der Waals surface area (Å²) in [7, 11) is 0. The molecule has 2 heterocycles. The van der Waals surface area contributed by atoms with Gasteiger partial charge in [-0.15, -0.1) is 0 Å². The van der Waals surface area contributed by atoms with Gasteiger partial charge in [0.25, 0.3) is 0 Å². The predicted octanol–water partition coefficient (Wildman–Crippen LogP) is 1.39. The van der Waals surface area contributed by atoms with E-state index in [0.29, 0.717) is 31.6 Å². The van der Waals surface area contributed by atoms with Crippen molar-refractivity contribution in [2.45, 2.75) is 19.9 Å². The molecule has 0 spiro atoms. The molecule has 1 aromatic carbocycles. The molecule has 6 nitrogen and oxygen atoms in total. The molecule has 0 bridgehead atoms. The molecule has 2 aromatic rings. The quantitative estimate of drug-likeness (QED) is 0.921. The minimum absolute atomic E-state index is 0.364. The van der Waals surface area contributed by atoms with Crippen molar-refractivity contribution in [3.8, 4) is 0 Å². The Morgan fingerprint density at radius 2 is 2.14 bits per heavy atom. The molecule has 1 aliphatic rings. The summed E-state index contributed by atoms with van der Waals surface area (Å²) < 4.78 is 6.79. The van der Waals surface area contributed by atoms with E-state index in [1.165, 1.54) is 0 Å². The zero-order valence-electron chi connectivity index (χ0n) is 11.9. The molecule has 0 saturated carbocycles. The van der Waals surface area contributed by atoms with Crippen molar-refractivity contribution >= 4 is 17.1 Å². The summed E-state index contributed by atoms with van der Waals surface area (Å²) in [5.74, 6) is -1.12. The van der Waals surface area contributed by atoms with Gasteiger partial charge in [-0.3, -0.25) is 9.36 Å². The Labute approximate surface area is 121 Å². The van der Waals surface area contributed by atoms with E-state index < -0.39 is 11.4 Å². The molecule has 0 aliphatic carbocycles. The van der Waals surface area contributed by atoms with Crippen molar-refractivity contribution in [3.05, 3.63) is 34.8 Å². The average molecular weight is 290 g/mol. The number of oxazole rings is 1. The van der Waals surface area contributed by atoms with Crippen LogP contribution in [-0.2, 0) is 11.3 Å². The van der Waals surface area contributed by atoms with Gasteiger partial charge in [-0.05, 0) is 32.0 Å². The smallest absolute Gasteiger partial charge is 0.419 e. The first-order valence-electron chi connectivity index (χ1n) is 7.04. The average Bonchev–Trinajstić information content (AvgIpc) is 2.98. The van der Waals surface area contributed by atoms with Crippen LogP contribution in [0.1, 0.15) is 13.3 Å². The number of benzene rings is 1. The van der Waals surface area contributed by atoms with E-state index in [4.69, 9.17) is 4.42 Å². The molecule has 1 saturated heterocycles. The lowest BCUT2D eigenvalue weighted by Crippen LogP contribution is -2.33. The van der Waals surface area contributed by atoms with Crippen LogP contribution in [-0.4, -0.2) is 40.2 Å². The molecule has 1 atom stereocenters. The Morgan fingerprint density at radius 1 is 1.38 bits per heavy atom. The maximum Gasteiger partial charge on any atom is 0.419 e. The van der Waals surface area contributed by atoms with Crippen LogP contribution in [0.4, 0.5) is 0 Å². The zero-order chi connectivity index (χ0) is 15.0. The molecule has 112 valence electrons. The van der Waals surface area contributed by atoms with Crippen molar-refractivity contribution in [2.24, 2.45) is 5.41 Å². The first kappa shape index (κ1) is 13.9. The highest BCUT2D eigenvalue weighted by Crippen LogP contribution is 2.29. The lowest BCUT2D eigenvalue weighted by molar-refractivity contribution is -0.147. The summed E-state index contributed by atoms with van der Waals surface area (Å²) in [6.07, 6.45) is 0.642. The fourth-order valence-corrected chi connectivity index (χ4v) is 2.89. The van der Waals surface area contributed by atoms with E-state index in [2.05, 4.69) is 4.90 Å². The number of carbonyl (C=O) groups is 1. The first-order valence-corrected chi connectivity index (χ1v) is 7.04. The van der Waals surface area contributed by atoms with Crippen molar-refractivity contribution in [3.63, 3.8) is 0 Å². The number of carboxylic acid groups (broad SMARTS) is 1. The fourth-order valence-electron chi connectivity index (χ4n) is 2.89. The van der Waals surface area contributed by atoms with Crippen molar-refractivity contribution < 1.29 is 14.3 Å². The highest BCUT2D eigenvalue weighted by Gasteiger charge is 2.40. The van der Waals surface area contributed by atoms with Gasteiger partial charge < -0.3 is 14.4 Å². The standard InChI is InChI=1S/C15H18N2O4/c1-15(13(18)19)6-7-16(10-15)8-9-17-11-4-2-3-5-12(11)21-14(17)20/h2-5H,6-10H2,1H3,(H,18,19). The maximum atomic E-state index is 11.9. The molecular weight excluding hydrogens is 272 g/mol. The van der Waals surface area contributed by atoms with Crippen molar-refractivity contribution in [2.75, 3.05) is 19.6 Å². The fraction of sp³-hybridized carbons (Fsp3) is 0.467. The van der Waals surface area contributed by atoms with Crippen LogP contribution in [0.25, 0.3) is 11.1 Å². The lowest BCUT2D eigenvalue weighted by Gasteiger charge is -2.19. The Balaban J connectivity index is 1.72. The van der Waals surface area contributed by atoms with Gasteiger partial charge >= 0.3 is 11.7 Å². The number of para-hydroxylation sites is 2. The minimum atomic E-state index is -0.754. The van der Waals surface area contributed by atoms with Gasteiger partial charge in [0.15, 0.2) is 5.58 Å². The summed E-state index contributed by atoms with van der Waals surface area (Å²) in [4.78, 5) is 25.2. The van der Waals surface area contributed by atoms with Crippen LogP contribution in [0.3, 0.4) is 0 Å². The predicted molar refractivity (Wildman–Crippen MR) is 77.3 cm³/mol. The molecule has 21 heavy (non-hydrogen) atoms. The van der Waals surface area contributed by atoms with Gasteiger partial charge in [-0.1, -0.05) is 12.1 Å². The molecule has 1 fully saturated rings. The number of aliphatic carboxylic acids is 1. The van der Waals surface area contributed by atoms with Crippen LogP contribution in [0.2, 0.25) is 0 Å². The number of fused-ring (bicyclic) bond motifs is 1. The summed E-state index contributed by atoms with van der Waals surface area (Å²) >= 11 is 0. The lowest BCUT2D eigenvalue weighted by atomic mass is 9.90. The Kier molecular flexibility index (Phi) is 3.33. The Bertz CT molecular complexity index is 733. The monoisotopic (exact) mass is 290 g/mol. The molecule has 6 heteroatoms. The summed E-state index contributed by atoms with van der Waals surface area (Å²) in [6.45, 7) is 4.19. The number of hydrogen-bond donors (Lipinski definition) is 1. The highest BCUT2D eigenvalue weighted by molar-refractivity contribution is 5.75. The van der Waals surface area contributed by atoms with E-state index >= 15 is 0 Å².